The molecular weight excluding hydrogens is 339 g/mol. The van der Waals surface area contributed by atoms with Crippen molar-refractivity contribution >= 4 is 23.4 Å². The van der Waals surface area contributed by atoms with Crippen molar-refractivity contribution in [3.05, 3.63) is 42.3 Å². The van der Waals surface area contributed by atoms with E-state index in [-0.39, 0.29) is 18.5 Å². The normalized spacial score (nSPS) is 14.9. The van der Waals surface area contributed by atoms with Gasteiger partial charge < -0.3 is 16.0 Å². The summed E-state index contributed by atoms with van der Waals surface area (Å²) in [5, 5.41) is 9.60. The van der Waals surface area contributed by atoms with Gasteiger partial charge in [0.1, 0.15) is 11.6 Å². The SMILES string of the molecule is NCC(=O)N1CCC(n2nccc2NC(=O)Nc2cccc(F)c2)CC1. The lowest BCUT2D eigenvalue weighted by Gasteiger charge is -2.32. The van der Waals surface area contributed by atoms with Crippen LogP contribution in [0.25, 0.3) is 0 Å². The third-order valence-electron chi connectivity index (χ3n) is 4.33. The molecule has 1 aromatic carbocycles. The highest BCUT2D eigenvalue weighted by Gasteiger charge is 2.25. The Labute approximate surface area is 150 Å². The number of halogens is 1. The van der Waals surface area contributed by atoms with Gasteiger partial charge in [-0.15, -0.1) is 0 Å². The number of carbonyl (C=O) groups is 2. The molecule has 0 saturated carbocycles. The first-order chi connectivity index (χ1) is 12.6. The van der Waals surface area contributed by atoms with Gasteiger partial charge >= 0.3 is 6.03 Å². The lowest BCUT2D eigenvalue weighted by molar-refractivity contribution is -0.130. The van der Waals surface area contributed by atoms with E-state index in [1.807, 2.05) is 0 Å². The Balaban J connectivity index is 1.60. The van der Waals surface area contributed by atoms with E-state index < -0.39 is 11.8 Å². The molecule has 138 valence electrons. The van der Waals surface area contributed by atoms with Gasteiger partial charge in [-0.05, 0) is 31.0 Å². The van der Waals surface area contributed by atoms with Gasteiger partial charge in [-0.3, -0.25) is 10.1 Å². The van der Waals surface area contributed by atoms with Crippen LogP contribution in [0.1, 0.15) is 18.9 Å². The maximum Gasteiger partial charge on any atom is 0.324 e. The molecule has 9 heteroatoms. The number of nitrogens with one attached hydrogen (secondary N) is 2. The zero-order chi connectivity index (χ0) is 18.5. The lowest BCUT2D eigenvalue weighted by Crippen LogP contribution is -2.42. The van der Waals surface area contributed by atoms with Crippen LogP contribution in [0.5, 0.6) is 0 Å². The van der Waals surface area contributed by atoms with E-state index in [1.54, 1.807) is 27.9 Å². The van der Waals surface area contributed by atoms with Crippen molar-refractivity contribution in [3.8, 4) is 0 Å². The van der Waals surface area contributed by atoms with Crippen LogP contribution in [0.2, 0.25) is 0 Å². The fourth-order valence-electron chi connectivity index (χ4n) is 3.04. The molecule has 1 aliphatic heterocycles. The molecule has 26 heavy (non-hydrogen) atoms. The van der Waals surface area contributed by atoms with Gasteiger partial charge in [0.15, 0.2) is 0 Å². The van der Waals surface area contributed by atoms with Crippen LogP contribution in [0.3, 0.4) is 0 Å². The Kier molecular flexibility index (Phi) is 5.47. The molecule has 0 unspecified atom stereocenters. The number of hydrogen-bond donors (Lipinski definition) is 3. The van der Waals surface area contributed by atoms with Gasteiger partial charge in [-0.25, -0.2) is 13.9 Å². The number of anilines is 2. The van der Waals surface area contributed by atoms with Gasteiger partial charge in [-0.1, -0.05) is 6.07 Å². The molecule has 0 spiro atoms. The summed E-state index contributed by atoms with van der Waals surface area (Å²) in [6, 6.07) is 6.96. The molecule has 2 aromatic rings. The number of amides is 3. The fraction of sp³-hybridized carbons (Fsp3) is 0.353. The highest BCUT2D eigenvalue weighted by Crippen LogP contribution is 2.25. The minimum atomic E-state index is -0.479. The standard InChI is InChI=1S/C17H21FN6O2/c18-12-2-1-3-13(10-12)21-17(26)22-15-4-7-20-24(15)14-5-8-23(9-6-14)16(25)11-19/h1-4,7,10,14H,5-6,8-9,11,19H2,(H2,21,22,26). The first-order valence-corrected chi connectivity index (χ1v) is 8.41. The maximum atomic E-state index is 13.2. The van der Waals surface area contributed by atoms with Crippen LogP contribution < -0.4 is 16.4 Å². The average molecular weight is 360 g/mol. The number of urea groups is 1. The largest absolute Gasteiger partial charge is 0.341 e. The number of likely N-dealkylation sites (tertiary alicyclic amines) is 1. The summed E-state index contributed by atoms with van der Waals surface area (Å²) < 4.78 is 14.9. The first-order valence-electron chi connectivity index (χ1n) is 8.41. The van der Waals surface area contributed by atoms with Gasteiger partial charge in [0.05, 0.1) is 18.8 Å². The number of nitrogens with zero attached hydrogens (tertiary/aromatic N) is 3. The van der Waals surface area contributed by atoms with E-state index >= 15 is 0 Å². The number of rotatable bonds is 4. The van der Waals surface area contributed by atoms with Crippen LogP contribution in [-0.2, 0) is 4.79 Å². The maximum absolute atomic E-state index is 13.2. The molecule has 0 bridgehead atoms. The van der Waals surface area contributed by atoms with Crippen molar-refractivity contribution in [2.75, 3.05) is 30.3 Å². The number of aromatic nitrogens is 2. The molecule has 3 rings (SSSR count). The highest BCUT2D eigenvalue weighted by atomic mass is 19.1. The van der Waals surface area contributed by atoms with E-state index in [0.717, 1.165) is 12.8 Å². The van der Waals surface area contributed by atoms with E-state index in [1.165, 1.54) is 18.2 Å². The predicted octanol–water partition coefficient (Wildman–Crippen LogP) is 1.79. The topological polar surface area (TPSA) is 105 Å². The molecule has 1 aromatic heterocycles. The number of hydrogen-bond acceptors (Lipinski definition) is 4. The van der Waals surface area contributed by atoms with E-state index in [0.29, 0.717) is 24.6 Å². The number of piperidine rings is 1. The minimum absolute atomic E-state index is 0.0134. The van der Waals surface area contributed by atoms with Gasteiger partial charge in [0.25, 0.3) is 0 Å². The summed E-state index contributed by atoms with van der Waals surface area (Å²) in [5.74, 6) is 0.0610. The summed E-state index contributed by atoms with van der Waals surface area (Å²) in [6.07, 6.45) is 3.07. The summed E-state index contributed by atoms with van der Waals surface area (Å²) in [4.78, 5) is 25.6. The van der Waals surface area contributed by atoms with Crippen molar-refractivity contribution in [1.82, 2.24) is 14.7 Å². The van der Waals surface area contributed by atoms with Crippen molar-refractivity contribution < 1.29 is 14.0 Å². The van der Waals surface area contributed by atoms with Crippen LogP contribution in [0.15, 0.2) is 36.5 Å². The second-order valence-electron chi connectivity index (χ2n) is 6.07. The summed E-state index contributed by atoms with van der Waals surface area (Å²) in [7, 11) is 0. The van der Waals surface area contributed by atoms with E-state index in [9.17, 15) is 14.0 Å². The summed E-state index contributed by atoms with van der Waals surface area (Å²) in [6.45, 7) is 1.23. The zero-order valence-electron chi connectivity index (χ0n) is 14.2. The Morgan fingerprint density at radius 2 is 2.00 bits per heavy atom. The smallest absolute Gasteiger partial charge is 0.324 e. The summed E-state index contributed by atoms with van der Waals surface area (Å²) in [5.41, 5.74) is 5.76. The lowest BCUT2D eigenvalue weighted by atomic mass is 10.1. The van der Waals surface area contributed by atoms with Gasteiger partial charge in [0, 0.05) is 24.8 Å². The number of carbonyl (C=O) groups excluding carboxylic acids is 2. The summed E-state index contributed by atoms with van der Waals surface area (Å²) >= 11 is 0. The van der Waals surface area contributed by atoms with Crippen LogP contribution in [0, 0.1) is 5.82 Å². The molecule has 8 nitrogen and oxygen atoms in total. The molecule has 2 heterocycles. The number of nitrogens with two attached hydrogens (primary N) is 1. The van der Waals surface area contributed by atoms with E-state index in [2.05, 4.69) is 15.7 Å². The van der Waals surface area contributed by atoms with Crippen LogP contribution in [0.4, 0.5) is 20.7 Å². The first kappa shape index (κ1) is 17.9. The van der Waals surface area contributed by atoms with Crippen molar-refractivity contribution in [3.63, 3.8) is 0 Å². The predicted molar refractivity (Wildman–Crippen MR) is 95.2 cm³/mol. The monoisotopic (exact) mass is 360 g/mol. The van der Waals surface area contributed by atoms with E-state index in [4.69, 9.17) is 5.73 Å². The molecular formula is C17H21FN6O2. The molecule has 0 radical (unpaired) electrons. The Hall–Kier alpha value is -2.94. The van der Waals surface area contributed by atoms with Gasteiger partial charge in [0.2, 0.25) is 5.91 Å². The highest BCUT2D eigenvalue weighted by molar-refractivity contribution is 5.99. The van der Waals surface area contributed by atoms with Crippen LogP contribution >= 0.6 is 0 Å². The quantitative estimate of drug-likeness (QED) is 0.773. The van der Waals surface area contributed by atoms with Crippen molar-refractivity contribution in [2.24, 2.45) is 5.73 Å². The number of benzene rings is 1. The van der Waals surface area contributed by atoms with Crippen molar-refractivity contribution in [2.45, 2.75) is 18.9 Å². The van der Waals surface area contributed by atoms with Crippen molar-refractivity contribution in [1.29, 1.82) is 0 Å². The Morgan fingerprint density at radius 1 is 1.23 bits per heavy atom. The Morgan fingerprint density at radius 3 is 2.69 bits per heavy atom. The third kappa shape index (κ3) is 4.17. The second kappa shape index (κ2) is 7.96. The molecule has 0 aliphatic carbocycles. The fourth-order valence-corrected chi connectivity index (χ4v) is 3.04. The molecule has 1 fully saturated rings. The Bertz CT molecular complexity index is 785. The third-order valence-corrected chi connectivity index (χ3v) is 4.33. The molecule has 0 atom stereocenters. The van der Waals surface area contributed by atoms with Gasteiger partial charge in [-0.2, -0.15) is 5.10 Å². The molecule has 3 amide bonds. The van der Waals surface area contributed by atoms with Crippen LogP contribution in [-0.4, -0.2) is 46.3 Å². The average Bonchev–Trinajstić information content (AvgIpc) is 3.09. The molecule has 1 aliphatic rings. The molecule has 4 N–H and O–H groups in total. The minimum Gasteiger partial charge on any atom is -0.341 e. The second-order valence-corrected chi connectivity index (χ2v) is 6.07. The molecule has 1 saturated heterocycles. The zero-order valence-corrected chi connectivity index (χ0v) is 14.2.